The van der Waals surface area contributed by atoms with Gasteiger partial charge in [-0.05, 0) is 43.4 Å². The molecule has 3 aliphatic heterocycles. The van der Waals surface area contributed by atoms with E-state index < -0.39 is 0 Å². The van der Waals surface area contributed by atoms with Crippen LogP contribution in [0, 0.1) is 5.82 Å². The summed E-state index contributed by atoms with van der Waals surface area (Å²) in [4.78, 5) is 40.7. The maximum atomic E-state index is 13.1. The minimum Gasteiger partial charge on any atom is -0.335 e. The van der Waals surface area contributed by atoms with Crippen LogP contribution >= 0.6 is 0 Å². The molecule has 3 aliphatic rings. The standard InChI is InChI=1S/C22H23FN4O3/c23-16-3-1-14(2-4-16)15-11-24-25(12-15)13-22(30)26-17-5-6-18(26)10-19(9-17)27-20(28)7-8-21(27)29/h1-4,11-12,17-19H,5-10,13H2. The molecule has 0 saturated carbocycles. The van der Waals surface area contributed by atoms with Gasteiger partial charge < -0.3 is 4.90 Å². The number of likely N-dealkylation sites (tertiary alicyclic amines) is 1. The van der Waals surface area contributed by atoms with Gasteiger partial charge in [-0.3, -0.25) is 24.0 Å². The minimum atomic E-state index is -0.294. The van der Waals surface area contributed by atoms with Crippen LogP contribution in [0.2, 0.25) is 0 Å². The van der Waals surface area contributed by atoms with Crippen molar-refractivity contribution in [2.45, 2.75) is 63.2 Å². The van der Waals surface area contributed by atoms with Crippen LogP contribution in [0.15, 0.2) is 36.7 Å². The van der Waals surface area contributed by atoms with Crippen LogP contribution in [0.5, 0.6) is 0 Å². The van der Waals surface area contributed by atoms with Gasteiger partial charge in [-0.2, -0.15) is 5.10 Å². The molecule has 0 spiro atoms. The Morgan fingerprint density at radius 1 is 0.967 bits per heavy atom. The number of halogens is 1. The first-order chi connectivity index (χ1) is 14.5. The van der Waals surface area contributed by atoms with Gasteiger partial charge in [0, 0.05) is 42.7 Å². The first-order valence-electron chi connectivity index (χ1n) is 10.4. The monoisotopic (exact) mass is 410 g/mol. The lowest BCUT2D eigenvalue weighted by atomic mass is 9.96. The van der Waals surface area contributed by atoms with E-state index in [2.05, 4.69) is 5.10 Å². The molecule has 2 atom stereocenters. The SMILES string of the molecule is O=C1CCC(=O)N1C1CC2CCC(C1)N2C(=O)Cn1cc(-c2ccc(F)cc2)cn1. The van der Waals surface area contributed by atoms with Crippen molar-refractivity contribution in [1.29, 1.82) is 0 Å². The summed E-state index contributed by atoms with van der Waals surface area (Å²) in [5.41, 5.74) is 1.67. The van der Waals surface area contributed by atoms with Gasteiger partial charge in [-0.1, -0.05) is 12.1 Å². The van der Waals surface area contributed by atoms with Crippen LogP contribution in [0.3, 0.4) is 0 Å². The van der Waals surface area contributed by atoms with Crippen LogP contribution < -0.4 is 0 Å². The Morgan fingerprint density at radius 2 is 1.60 bits per heavy atom. The fourth-order valence-electron chi connectivity index (χ4n) is 5.23. The number of benzene rings is 1. The molecule has 0 radical (unpaired) electrons. The highest BCUT2D eigenvalue weighted by molar-refractivity contribution is 6.02. The van der Waals surface area contributed by atoms with Gasteiger partial charge in [0.1, 0.15) is 12.4 Å². The molecule has 2 bridgehead atoms. The topological polar surface area (TPSA) is 75.5 Å². The molecule has 0 N–H and O–H groups in total. The molecule has 2 unspecified atom stereocenters. The number of hydrogen-bond acceptors (Lipinski definition) is 4. The molecule has 2 aromatic rings. The normalized spacial score (nSPS) is 26.0. The predicted octanol–water partition coefficient (Wildman–Crippen LogP) is 2.36. The lowest BCUT2D eigenvalue weighted by Crippen LogP contribution is -2.54. The molecule has 8 heteroatoms. The number of rotatable bonds is 4. The largest absolute Gasteiger partial charge is 0.335 e. The van der Waals surface area contributed by atoms with Crippen molar-refractivity contribution in [1.82, 2.24) is 19.6 Å². The highest BCUT2D eigenvalue weighted by Crippen LogP contribution is 2.39. The van der Waals surface area contributed by atoms with Gasteiger partial charge >= 0.3 is 0 Å². The number of imide groups is 1. The summed E-state index contributed by atoms with van der Waals surface area (Å²) in [6.07, 6.45) is 7.23. The van der Waals surface area contributed by atoms with Gasteiger partial charge in [-0.15, -0.1) is 0 Å². The lowest BCUT2D eigenvalue weighted by Gasteiger charge is -2.41. The van der Waals surface area contributed by atoms with Gasteiger partial charge in [-0.25, -0.2) is 4.39 Å². The number of amides is 3. The zero-order valence-corrected chi connectivity index (χ0v) is 16.5. The molecule has 5 rings (SSSR count). The van der Waals surface area contributed by atoms with E-state index in [1.165, 1.54) is 17.0 Å². The Bertz CT molecular complexity index is 972. The molecule has 3 fully saturated rings. The van der Waals surface area contributed by atoms with E-state index in [0.29, 0.717) is 25.7 Å². The van der Waals surface area contributed by atoms with Gasteiger partial charge in [0.05, 0.1) is 6.20 Å². The van der Waals surface area contributed by atoms with Crippen molar-refractivity contribution in [2.75, 3.05) is 0 Å². The second-order valence-corrected chi connectivity index (χ2v) is 8.40. The van der Waals surface area contributed by atoms with Gasteiger partial charge in [0.25, 0.3) is 0 Å². The number of piperidine rings is 1. The van der Waals surface area contributed by atoms with E-state index >= 15 is 0 Å². The van der Waals surface area contributed by atoms with E-state index in [1.807, 2.05) is 4.90 Å². The molecule has 4 heterocycles. The lowest BCUT2D eigenvalue weighted by molar-refractivity contribution is -0.144. The molecule has 7 nitrogen and oxygen atoms in total. The van der Waals surface area contributed by atoms with Crippen LogP contribution in [-0.4, -0.2) is 55.4 Å². The Morgan fingerprint density at radius 3 is 2.23 bits per heavy atom. The van der Waals surface area contributed by atoms with Crippen molar-refractivity contribution in [2.24, 2.45) is 0 Å². The van der Waals surface area contributed by atoms with E-state index in [-0.39, 0.29) is 48.2 Å². The minimum absolute atomic E-state index is 0.00813. The van der Waals surface area contributed by atoms with Crippen LogP contribution in [0.25, 0.3) is 11.1 Å². The first-order valence-corrected chi connectivity index (χ1v) is 10.4. The fraction of sp³-hybridized carbons (Fsp3) is 0.455. The van der Waals surface area contributed by atoms with Gasteiger partial charge in [0.15, 0.2) is 0 Å². The Balaban J connectivity index is 1.26. The summed E-state index contributed by atoms with van der Waals surface area (Å²) in [5, 5.41) is 4.30. The van der Waals surface area contributed by atoms with E-state index in [1.54, 1.807) is 29.2 Å². The fourth-order valence-corrected chi connectivity index (χ4v) is 5.23. The van der Waals surface area contributed by atoms with Crippen molar-refractivity contribution in [3.8, 4) is 11.1 Å². The molecule has 30 heavy (non-hydrogen) atoms. The van der Waals surface area contributed by atoms with Crippen LogP contribution in [0.4, 0.5) is 4.39 Å². The number of carbonyl (C=O) groups is 3. The van der Waals surface area contributed by atoms with E-state index in [4.69, 9.17) is 0 Å². The molecule has 1 aromatic carbocycles. The zero-order valence-electron chi connectivity index (χ0n) is 16.5. The average Bonchev–Trinajstić information content (AvgIpc) is 3.39. The molecule has 3 amide bonds. The molecular formula is C22H23FN4O3. The summed E-state index contributed by atoms with van der Waals surface area (Å²) in [5.74, 6) is -0.436. The zero-order chi connectivity index (χ0) is 20.8. The van der Waals surface area contributed by atoms with Gasteiger partial charge in [0.2, 0.25) is 17.7 Å². The first kappa shape index (κ1) is 19.0. The number of carbonyl (C=O) groups excluding carboxylic acids is 3. The molecule has 0 aliphatic carbocycles. The molecule has 3 saturated heterocycles. The summed E-state index contributed by atoms with van der Waals surface area (Å²) in [7, 11) is 0. The van der Waals surface area contributed by atoms with Crippen molar-refractivity contribution in [3.63, 3.8) is 0 Å². The molecule has 1 aromatic heterocycles. The van der Waals surface area contributed by atoms with E-state index in [9.17, 15) is 18.8 Å². The quantitative estimate of drug-likeness (QED) is 0.726. The molecular weight excluding hydrogens is 387 g/mol. The summed E-state index contributed by atoms with van der Waals surface area (Å²) in [6, 6.07) is 6.22. The maximum absolute atomic E-state index is 13.1. The smallest absolute Gasteiger partial charge is 0.244 e. The molecule has 156 valence electrons. The number of fused-ring (bicyclic) bond motifs is 2. The average molecular weight is 410 g/mol. The number of aromatic nitrogens is 2. The number of nitrogens with zero attached hydrogens (tertiary/aromatic N) is 4. The Labute approximate surface area is 173 Å². The summed E-state index contributed by atoms with van der Waals surface area (Å²) < 4.78 is 14.7. The predicted molar refractivity (Wildman–Crippen MR) is 105 cm³/mol. The highest BCUT2D eigenvalue weighted by Gasteiger charge is 2.47. The second kappa shape index (κ2) is 7.34. The maximum Gasteiger partial charge on any atom is 0.244 e. The van der Waals surface area contributed by atoms with Crippen LogP contribution in [-0.2, 0) is 20.9 Å². The summed E-state index contributed by atoms with van der Waals surface area (Å²) in [6.45, 7) is 0.139. The van der Waals surface area contributed by atoms with Crippen molar-refractivity contribution >= 4 is 17.7 Å². The second-order valence-electron chi connectivity index (χ2n) is 8.40. The van der Waals surface area contributed by atoms with Crippen LogP contribution in [0.1, 0.15) is 38.5 Å². The highest BCUT2D eigenvalue weighted by atomic mass is 19.1. The van der Waals surface area contributed by atoms with E-state index in [0.717, 1.165) is 24.0 Å². The third kappa shape index (κ3) is 3.30. The Hall–Kier alpha value is -3.03. The third-order valence-electron chi connectivity index (χ3n) is 6.56. The van der Waals surface area contributed by atoms with Crippen molar-refractivity contribution in [3.05, 3.63) is 42.5 Å². The summed E-state index contributed by atoms with van der Waals surface area (Å²) >= 11 is 0. The number of hydrogen-bond donors (Lipinski definition) is 0. The third-order valence-corrected chi connectivity index (χ3v) is 6.56. The van der Waals surface area contributed by atoms with Crippen molar-refractivity contribution < 1.29 is 18.8 Å². The Kier molecular flexibility index (Phi) is 4.64.